The number of hydrogen-bond acceptors (Lipinski definition) is 2. The van der Waals surface area contributed by atoms with Crippen LogP contribution in [0.15, 0.2) is 42.5 Å². The Bertz CT molecular complexity index is 595. The van der Waals surface area contributed by atoms with Crippen molar-refractivity contribution in [2.45, 2.75) is 6.18 Å². The van der Waals surface area contributed by atoms with E-state index in [-0.39, 0.29) is 11.4 Å². The molecular weight excluding hydrogens is 262 g/mol. The summed E-state index contributed by atoms with van der Waals surface area (Å²) < 4.78 is 56.6. The lowest BCUT2D eigenvalue weighted by atomic mass is 10.2. The van der Waals surface area contributed by atoms with Gasteiger partial charge in [-0.2, -0.15) is 13.2 Å². The van der Waals surface area contributed by atoms with Crippen LogP contribution in [0.2, 0.25) is 0 Å². The molecule has 0 aliphatic carbocycles. The van der Waals surface area contributed by atoms with Crippen molar-refractivity contribution < 1.29 is 22.3 Å². The minimum absolute atomic E-state index is 0.161. The van der Waals surface area contributed by atoms with Crippen LogP contribution in [0, 0.1) is 5.82 Å². The molecule has 0 atom stereocenters. The van der Waals surface area contributed by atoms with E-state index in [1.807, 2.05) is 0 Å². The molecule has 0 aliphatic heterocycles. The van der Waals surface area contributed by atoms with Crippen LogP contribution in [-0.2, 0) is 6.18 Å². The minimum atomic E-state index is -4.57. The summed E-state index contributed by atoms with van der Waals surface area (Å²) in [7, 11) is 0. The number of halogens is 4. The average molecular weight is 271 g/mol. The second-order valence-electron chi connectivity index (χ2n) is 3.79. The summed E-state index contributed by atoms with van der Waals surface area (Å²) in [6.45, 7) is 0. The molecule has 0 saturated carbocycles. The van der Waals surface area contributed by atoms with E-state index in [1.54, 1.807) is 0 Å². The SMILES string of the molecule is Nc1ccc(Oc2ccccc2C(F)(F)F)c(F)c1. The fourth-order valence-corrected chi connectivity index (χ4v) is 1.51. The Kier molecular flexibility index (Phi) is 3.33. The number of anilines is 1. The number of benzene rings is 2. The molecule has 19 heavy (non-hydrogen) atoms. The zero-order valence-electron chi connectivity index (χ0n) is 9.54. The van der Waals surface area contributed by atoms with Crippen LogP contribution in [0.5, 0.6) is 11.5 Å². The second kappa shape index (κ2) is 4.79. The second-order valence-corrected chi connectivity index (χ2v) is 3.79. The van der Waals surface area contributed by atoms with Crippen molar-refractivity contribution in [2.24, 2.45) is 0 Å². The van der Waals surface area contributed by atoms with Gasteiger partial charge in [0.1, 0.15) is 5.75 Å². The topological polar surface area (TPSA) is 35.2 Å². The summed E-state index contributed by atoms with van der Waals surface area (Å²) in [6.07, 6.45) is -4.57. The summed E-state index contributed by atoms with van der Waals surface area (Å²) in [5.74, 6) is -1.60. The molecule has 0 radical (unpaired) electrons. The van der Waals surface area contributed by atoms with Crippen molar-refractivity contribution in [1.29, 1.82) is 0 Å². The van der Waals surface area contributed by atoms with Gasteiger partial charge in [-0.15, -0.1) is 0 Å². The smallest absolute Gasteiger partial charge is 0.419 e. The monoisotopic (exact) mass is 271 g/mol. The number of alkyl halides is 3. The quantitative estimate of drug-likeness (QED) is 0.655. The zero-order chi connectivity index (χ0) is 14.0. The molecule has 2 N–H and O–H groups in total. The zero-order valence-corrected chi connectivity index (χ0v) is 9.54. The predicted octanol–water partition coefficient (Wildman–Crippen LogP) is 4.22. The first-order valence-corrected chi connectivity index (χ1v) is 5.27. The highest BCUT2D eigenvalue weighted by Gasteiger charge is 2.34. The van der Waals surface area contributed by atoms with Crippen LogP contribution < -0.4 is 10.5 Å². The maximum absolute atomic E-state index is 13.5. The van der Waals surface area contributed by atoms with Gasteiger partial charge < -0.3 is 10.5 Å². The minimum Gasteiger partial charge on any atom is -0.454 e. The molecule has 100 valence electrons. The Labute approximate surface area is 106 Å². The lowest BCUT2D eigenvalue weighted by Crippen LogP contribution is -2.07. The lowest BCUT2D eigenvalue weighted by Gasteiger charge is -2.13. The molecule has 6 heteroatoms. The van der Waals surface area contributed by atoms with Gasteiger partial charge in [-0.3, -0.25) is 0 Å². The van der Waals surface area contributed by atoms with Crippen LogP contribution >= 0.6 is 0 Å². The largest absolute Gasteiger partial charge is 0.454 e. The molecule has 0 fully saturated rings. The van der Waals surface area contributed by atoms with Gasteiger partial charge in [0.2, 0.25) is 0 Å². The van der Waals surface area contributed by atoms with E-state index in [0.29, 0.717) is 0 Å². The molecule has 2 aromatic carbocycles. The third kappa shape index (κ3) is 2.96. The molecule has 0 bridgehead atoms. The van der Waals surface area contributed by atoms with E-state index >= 15 is 0 Å². The molecule has 0 heterocycles. The van der Waals surface area contributed by atoms with Gasteiger partial charge in [-0.05, 0) is 24.3 Å². The molecule has 2 rings (SSSR count). The van der Waals surface area contributed by atoms with Gasteiger partial charge in [-0.25, -0.2) is 4.39 Å². The fourth-order valence-electron chi connectivity index (χ4n) is 1.51. The van der Waals surface area contributed by atoms with Crippen LogP contribution in [0.1, 0.15) is 5.56 Å². The van der Waals surface area contributed by atoms with Crippen LogP contribution in [0.25, 0.3) is 0 Å². The van der Waals surface area contributed by atoms with Crippen molar-refractivity contribution in [3.05, 3.63) is 53.8 Å². The number of rotatable bonds is 2. The van der Waals surface area contributed by atoms with Gasteiger partial charge in [0.05, 0.1) is 5.56 Å². The fraction of sp³-hybridized carbons (Fsp3) is 0.0769. The van der Waals surface area contributed by atoms with E-state index in [9.17, 15) is 17.6 Å². The Morgan fingerprint density at radius 2 is 1.63 bits per heavy atom. The van der Waals surface area contributed by atoms with Crippen molar-refractivity contribution in [3.63, 3.8) is 0 Å². The first kappa shape index (κ1) is 13.2. The van der Waals surface area contributed by atoms with Gasteiger partial charge in [0.25, 0.3) is 0 Å². The molecule has 2 aromatic rings. The van der Waals surface area contributed by atoms with Crippen LogP contribution in [0.4, 0.5) is 23.2 Å². The Hall–Kier alpha value is -2.24. The number of nitrogen functional groups attached to an aromatic ring is 1. The normalized spacial score (nSPS) is 11.4. The lowest BCUT2D eigenvalue weighted by molar-refractivity contribution is -0.138. The van der Waals surface area contributed by atoms with Crippen molar-refractivity contribution >= 4 is 5.69 Å². The van der Waals surface area contributed by atoms with Gasteiger partial charge >= 0.3 is 6.18 Å². The van der Waals surface area contributed by atoms with Crippen molar-refractivity contribution in [2.75, 3.05) is 5.73 Å². The standard InChI is InChI=1S/C13H9F4NO/c14-10-7-8(18)5-6-12(10)19-11-4-2-1-3-9(11)13(15,16)17/h1-7H,18H2. The van der Waals surface area contributed by atoms with E-state index in [0.717, 1.165) is 18.2 Å². The molecule has 0 unspecified atom stereocenters. The average Bonchev–Trinajstić information content (AvgIpc) is 2.32. The highest BCUT2D eigenvalue weighted by Crippen LogP contribution is 2.38. The molecule has 0 saturated heterocycles. The first-order valence-electron chi connectivity index (χ1n) is 5.27. The summed E-state index contributed by atoms with van der Waals surface area (Å²) in [6, 6.07) is 8.09. The van der Waals surface area contributed by atoms with Crippen molar-refractivity contribution in [3.8, 4) is 11.5 Å². The van der Waals surface area contributed by atoms with Crippen molar-refractivity contribution in [1.82, 2.24) is 0 Å². The maximum Gasteiger partial charge on any atom is 0.419 e. The first-order chi connectivity index (χ1) is 8.88. The maximum atomic E-state index is 13.5. The Morgan fingerprint density at radius 3 is 2.26 bits per heavy atom. The molecule has 0 amide bonds. The highest BCUT2D eigenvalue weighted by atomic mass is 19.4. The number of hydrogen-bond donors (Lipinski definition) is 1. The molecule has 0 spiro atoms. The molecule has 2 nitrogen and oxygen atoms in total. The van der Waals surface area contributed by atoms with Gasteiger partial charge in [0.15, 0.2) is 11.6 Å². The number of ether oxygens (including phenoxy) is 1. The molecule has 0 aliphatic rings. The van der Waals surface area contributed by atoms with E-state index in [1.165, 1.54) is 24.3 Å². The third-order valence-corrected chi connectivity index (χ3v) is 2.37. The summed E-state index contributed by atoms with van der Waals surface area (Å²) in [4.78, 5) is 0. The Balaban J connectivity index is 2.39. The molecule has 0 aromatic heterocycles. The highest BCUT2D eigenvalue weighted by molar-refractivity contribution is 5.45. The predicted molar refractivity (Wildman–Crippen MR) is 62.3 cm³/mol. The molecular formula is C13H9F4NO. The summed E-state index contributed by atoms with van der Waals surface area (Å²) in [5.41, 5.74) is 4.54. The van der Waals surface area contributed by atoms with Crippen LogP contribution in [-0.4, -0.2) is 0 Å². The third-order valence-electron chi connectivity index (χ3n) is 2.37. The van der Waals surface area contributed by atoms with Crippen LogP contribution in [0.3, 0.4) is 0 Å². The van der Waals surface area contributed by atoms with E-state index in [4.69, 9.17) is 10.5 Å². The van der Waals surface area contributed by atoms with E-state index in [2.05, 4.69) is 0 Å². The van der Waals surface area contributed by atoms with Gasteiger partial charge in [0, 0.05) is 11.8 Å². The number of nitrogens with two attached hydrogens (primary N) is 1. The Morgan fingerprint density at radius 1 is 0.947 bits per heavy atom. The summed E-state index contributed by atoms with van der Waals surface area (Å²) >= 11 is 0. The summed E-state index contributed by atoms with van der Waals surface area (Å²) in [5, 5.41) is 0. The number of para-hydroxylation sites is 1. The van der Waals surface area contributed by atoms with Gasteiger partial charge in [-0.1, -0.05) is 12.1 Å². The van der Waals surface area contributed by atoms with E-state index < -0.39 is 23.3 Å².